The fourth-order valence-electron chi connectivity index (χ4n) is 6.34. The first-order valence-corrected chi connectivity index (χ1v) is 12.7. The number of nitrogen functional groups attached to an aromatic ring is 1. The zero-order chi connectivity index (χ0) is 24.4. The Morgan fingerprint density at radius 3 is 2.53 bits per heavy atom. The van der Waals surface area contributed by atoms with Crippen molar-refractivity contribution in [3.63, 3.8) is 0 Å². The van der Waals surface area contributed by atoms with Crippen molar-refractivity contribution in [1.29, 1.82) is 0 Å². The van der Waals surface area contributed by atoms with Gasteiger partial charge in [-0.05, 0) is 50.5 Å². The van der Waals surface area contributed by atoms with Crippen LogP contribution in [-0.4, -0.2) is 64.2 Å². The van der Waals surface area contributed by atoms with Crippen LogP contribution in [0.15, 0.2) is 36.9 Å². The summed E-state index contributed by atoms with van der Waals surface area (Å²) in [7, 11) is 0. The maximum Gasteiger partial charge on any atom is 0.248 e. The number of hydrogen-bond donors (Lipinski definition) is 3. The Labute approximate surface area is 207 Å². The number of aromatic nitrogens is 6. The van der Waals surface area contributed by atoms with E-state index < -0.39 is 6.61 Å². The molecule has 3 aliphatic rings. The number of nitrogens with zero attached hydrogens (tertiary/aromatic N) is 6. The van der Waals surface area contributed by atoms with Gasteiger partial charge in [-0.15, -0.1) is 0 Å². The van der Waals surface area contributed by atoms with Crippen LogP contribution in [0, 0.1) is 0 Å². The van der Waals surface area contributed by atoms with E-state index in [-0.39, 0.29) is 23.9 Å². The highest BCUT2D eigenvalue weighted by molar-refractivity contribution is 5.80. The van der Waals surface area contributed by atoms with E-state index in [1.54, 1.807) is 16.9 Å². The molecule has 3 atom stereocenters. The molecular weight excluding hydrogens is 456 g/mol. The first-order chi connectivity index (χ1) is 17.6. The molecule has 0 aromatic carbocycles. The van der Waals surface area contributed by atoms with Crippen LogP contribution in [-0.2, 0) is 4.79 Å². The second-order valence-electron chi connectivity index (χ2n) is 10.2. The monoisotopic (exact) mass is 484 g/mol. The topological polar surface area (TPSA) is 138 Å². The molecule has 6 heterocycles. The van der Waals surface area contributed by atoms with E-state index in [4.69, 9.17) is 10.7 Å². The Kier molecular flexibility index (Phi) is 4.85. The van der Waals surface area contributed by atoms with Crippen LogP contribution in [0.4, 0.5) is 5.82 Å². The van der Waals surface area contributed by atoms with Gasteiger partial charge in [-0.3, -0.25) is 9.78 Å². The van der Waals surface area contributed by atoms with Gasteiger partial charge < -0.3 is 20.7 Å². The number of carbonyl (C=O) groups is 1. The molecule has 2 bridgehead atoms. The molecule has 1 amide bonds. The summed E-state index contributed by atoms with van der Waals surface area (Å²) in [5, 5.41) is 14.1. The molecule has 1 aliphatic carbocycles. The number of aromatic amines is 1. The first kappa shape index (κ1) is 21.5. The van der Waals surface area contributed by atoms with E-state index in [9.17, 15) is 9.90 Å². The number of aliphatic hydroxyl groups excluding tert-OH is 1. The smallest absolute Gasteiger partial charge is 0.248 e. The average Bonchev–Trinajstić information content (AvgIpc) is 3.29. The van der Waals surface area contributed by atoms with Gasteiger partial charge in [-0.2, -0.15) is 9.61 Å². The van der Waals surface area contributed by atoms with E-state index in [1.165, 1.54) is 0 Å². The summed E-state index contributed by atoms with van der Waals surface area (Å²) in [6.07, 6.45) is 13.0. The molecule has 1 saturated carbocycles. The molecule has 36 heavy (non-hydrogen) atoms. The predicted molar refractivity (Wildman–Crippen MR) is 133 cm³/mol. The van der Waals surface area contributed by atoms with Crippen LogP contribution in [0.2, 0.25) is 0 Å². The van der Waals surface area contributed by atoms with Crippen LogP contribution in [0.5, 0.6) is 0 Å². The largest absolute Gasteiger partial charge is 0.387 e. The van der Waals surface area contributed by atoms with Gasteiger partial charge in [0.25, 0.3) is 0 Å². The van der Waals surface area contributed by atoms with Crippen molar-refractivity contribution >= 4 is 17.4 Å². The van der Waals surface area contributed by atoms with Crippen LogP contribution in [0.3, 0.4) is 0 Å². The van der Waals surface area contributed by atoms with Gasteiger partial charge in [0, 0.05) is 53.3 Å². The SMILES string of the molecule is Nc1c(C2CC2)c([C@H]2C[C@H]3CC[C@@H](C2)N3C(=O)CO)nc2c(-c3ccc(-c4ncc[nH]4)nc3)cnn12. The number of rotatable bonds is 5. The van der Waals surface area contributed by atoms with Crippen molar-refractivity contribution in [1.82, 2.24) is 34.4 Å². The first-order valence-electron chi connectivity index (χ1n) is 12.7. The second-order valence-corrected chi connectivity index (χ2v) is 10.2. The number of pyridine rings is 1. The van der Waals surface area contributed by atoms with Crippen molar-refractivity contribution in [2.45, 2.75) is 62.4 Å². The van der Waals surface area contributed by atoms with Gasteiger partial charge in [-0.25, -0.2) is 9.97 Å². The van der Waals surface area contributed by atoms with Crippen molar-refractivity contribution in [3.05, 3.63) is 48.2 Å². The molecule has 0 radical (unpaired) electrons. The standard InChI is InChI=1S/C26H28N8O2/c27-24-22(14-1-2-14)23(16-9-17-4-5-18(10-16)33(17)21(36)13-35)32-26-19(12-31-34(24)26)15-3-6-20(30-11-15)25-28-7-8-29-25/h3,6-8,11-12,14,16-18,35H,1-2,4-5,9-10,13,27H2,(H,28,29)/t16-,17+,18-. The van der Waals surface area contributed by atoms with Gasteiger partial charge in [-0.1, -0.05) is 6.07 Å². The summed E-state index contributed by atoms with van der Waals surface area (Å²) in [5.41, 5.74) is 12.3. The molecular formula is C26H28N8O2. The van der Waals surface area contributed by atoms with Crippen molar-refractivity contribution in [2.75, 3.05) is 12.3 Å². The second kappa shape index (κ2) is 8.12. The zero-order valence-electron chi connectivity index (χ0n) is 19.8. The number of nitrogens with two attached hydrogens (primary N) is 1. The Balaban J connectivity index is 1.29. The molecule has 10 heteroatoms. The Morgan fingerprint density at radius 2 is 1.89 bits per heavy atom. The number of nitrogens with one attached hydrogen (secondary N) is 1. The van der Waals surface area contributed by atoms with Crippen LogP contribution in [0.1, 0.15) is 61.6 Å². The summed E-state index contributed by atoms with van der Waals surface area (Å²) in [6.45, 7) is -0.423. The third kappa shape index (κ3) is 3.31. The molecule has 184 valence electrons. The summed E-state index contributed by atoms with van der Waals surface area (Å²) in [4.78, 5) is 31.5. The zero-order valence-corrected chi connectivity index (χ0v) is 19.8. The lowest BCUT2D eigenvalue weighted by Gasteiger charge is -2.39. The van der Waals surface area contributed by atoms with E-state index in [0.29, 0.717) is 11.7 Å². The number of aliphatic hydroxyl groups is 1. The summed E-state index contributed by atoms with van der Waals surface area (Å²) >= 11 is 0. The van der Waals surface area contributed by atoms with Crippen LogP contribution < -0.4 is 5.73 Å². The average molecular weight is 485 g/mol. The molecule has 4 N–H and O–H groups in total. The van der Waals surface area contributed by atoms with Crippen LogP contribution in [0.25, 0.3) is 28.3 Å². The molecule has 3 fully saturated rings. The maximum atomic E-state index is 12.4. The van der Waals surface area contributed by atoms with Gasteiger partial charge in [0.05, 0.1) is 11.9 Å². The fourth-order valence-corrected chi connectivity index (χ4v) is 6.34. The molecule has 0 unspecified atom stereocenters. The molecule has 4 aromatic rings. The maximum absolute atomic E-state index is 12.4. The van der Waals surface area contributed by atoms with Gasteiger partial charge >= 0.3 is 0 Å². The van der Waals surface area contributed by atoms with E-state index in [2.05, 4.69) is 20.1 Å². The van der Waals surface area contributed by atoms with Gasteiger partial charge in [0.15, 0.2) is 11.5 Å². The van der Waals surface area contributed by atoms with Crippen LogP contribution >= 0.6 is 0 Å². The normalized spacial score (nSPS) is 23.5. The minimum absolute atomic E-state index is 0.155. The minimum atomic E-state index is -0.423. The van der Waals surface area contributed by atoms with E-state index >= 15 is 0 Å². The summed E-state index contributed by atoms with van der Waals surface area (Å²) < 4.78 is 1.77. The quantitative estimate of drug-likeness (QED) is 0.396. The number of amides is 1. The summed E-state index contributed by atoms with van der Waals surface area (Å²) in [5.74, 6) is 1.89. The third-order valence-electron chi connectivity index (χ3n) is 8.09. The van der Waals surface area contributed by atoms with Crippen molar-refractivity contribution in [2.24, 2.45) is 0 Å². The highest BCUT2D eigenvalue weighted by Gasteiger charge is 2.45. The van der Waals surface area contributed by atoms with E-state index in [0.717, 1.165) is 78.1 Å². The molecule has 10 nitrogen and oxygen atoms in total. The lowest BCUT2D eigenvalue weighted by atomic mass is 9.85. The van der Waals surface area contributed by atoms with Crippen molar-refractivity contribution < 1.29 is 9.90 Å². The number of fused-ring (bicyclic) bond motifs is 3. The summed E-state index contributed by atoms with van der Waals surface area (Å²) in [6, 6.07) is 4.25. The highest BCUT2D eigenvalue weighted by atomic mass is 16.3. The Bertz CT molecular complexity index is 1430. The Hall–Kier alpha value is -3.79. The predicted octanol–water partition coefficient (Wildman–Crippen LogP) is 2.87. The third-order valence-corrected chi connectivity index (χ3v) is 8.09. The number of H-pyrrole nitrogens is 1. The lowest BCUT2D eigenvalue weighted by Crippen LogP contribution is -2.47. The minimum Gasteiger partial charge on any atom is -0.387 e. The Morgan fingerprint density at radius 1 is 1.08 bits per heavy atom. The molecule has 2 aliphatic heterocycles. The van der Waals surface area contributed by atoms with E-state index in [1.807, 2.05) is 29.4 Å². The fraction of sp³-hybridized carbons (Fsp3) is 0.423. The number of piperidine rings is 1. The molecule has 7 rings (SSSR count). The number of anilines is 1. The van der Waals surface area contributed by atoms with Crippen molar-refractivity contribution in [3.8, 4) is 22.6 Å². The van der Waals surface area contributed by atoms with Gasteiger partial charge in [0.2, 0.25) is 5.91 Å². The highest BCUT2D eigenvalue weighted by Crippen LogP contribution is 2.50. The number of carbonyl (C=O) groups excluding carboxylic acids is 1. The molecule has 0 spiro atoms. The molecule has 2 saturated heterocycles. The van der Waals surface area contributed by atoms with Gasteiger partial charge in [0.1, 0.15) is 18.1 Å². The molecule has 4 aromatic heterocycles. The number of hydrogen-bond acceptors (Lipinski definition) is 7. The lowest BCUT2D eigenvalue weighted by molar-refractivity contribution is -0.138. The number of imidazole rings is 1.